The molecule has 3 nitrogen and oxygen atoms in total. The maximum absolute atomic E-state index is 14.1. The summed E-state index contributed by atoms with van der Waals surface area (Å²) in [4.78, 5) is 10.9. The van der Waals surface area contributed by atoms with Crippen molar-refractivity contribution in [2.45, 2.75) is 6.54 Å². The van der Waals surface area contributed by atoms with Crippen molar-refractivity contribution in [3.05, 3.63) is 71.7 Å². The third kappa shape index (κ3) is 2.05. The second-order valence-corrected chi connectivity index (χ2v) is 4.59. The summed E-state index contributed by atoms with van der Waals surface area (Å²) in [5, 5.41) is 10.0. The Hall–Kier alpha value is -2.62. The van der Waals surface area contributed by atoms with Gasteiger partial charge in [-0.1, -0.05) is 30.3 Å². The van der Waals surface area contributed by atoms with Crippen LogP contribution >= 0.6 is 0 Å². The number of aromatic nitrogens is 1. The molecule has 100 valence electrons. The molecule has 3 rings (SSSR count). The first kappa shape index (κ1) is 12.4. The van der Waals surface area contributed by atoms with Gasteiger partial charge in [0.05, 0.1) is 12.1 Å². The van der Waals surface area contributed by atoms with Crippen LogP contribution in [-0.2, 0) is 6.54 Å². The van der Waals surface area contributed by atoms with Gasteiger partial charge in [0.1, 0.15) is 5.82 Å². The van der Waals surface area contributed by atoms with Gasteiger partial charge < -0.3 is 9.67 Å². The highest BCUT2D eigenvalue weighted by Crippen LogP contribution is 2.19. The molecule has 2 aromatic carbocycles. The molecule has 0 bridgehead atoms. The Bertz CT molecular complexity index is 792. The van der Waals surface area contributed by atoms with Crippen LogP contribution in [-0.4, -0.2) is 15.6 Å². The highest BCUT2D eigenvalue weighted by Gasteiger charge is 2.14. The quantitative estimate of drug-likeness (QED) is 0.790. The molecule has 0 atom stereocenters. The van der Waals surface area contributed by atoms with Crippen LogP contribution in [0.1, 0.15) is 15.9 Å². The summed E-state index contributed by atoms with van der Waals surface area (Å²) in [6.07, 6.45) is 1.87. The predicted molar refractivity (Wildman–Crippen MR) is 74.4 cm³/mol. The number of carboxylic acid groups (broad SMARTS) is 1. The summed E-state index contributed by atoms with van der Waals surface area (Å²) in [6, 6.07) is 14.2. The Morgan fingerprint density at radius 3 is 2.70 bits per heavy atom. The minimum Gasteiger partial charge on any atom is -0.478 e. The minimum absolute atomic E-state index is 0.293. The zero-order chi connectivity index (χ0) is 14.1. The van der Waals surface area contributed by atoms with Crippen LogP contribution in [0.15, 0.2) is 54.7 Å². The van der Waals surface area contributed by atoms with E-state index in [0.717, 1.165) is 10.9 Å². The van der Waals surface area contributed by atoms with Gasteiger partial charge in [0.2, 0.25) is 0 Å². The van der Waals surface area contributed by atoms with Gasteiger partial charge in [-0.15, -0.1) is 0 Å². The summed E-state index contributed by atoms with van der Waals surface area (Å²) in [6.45, 7) is 0.306. The van der Waals surface area contributed by atoms with E-state index in [1.54, 1.807) is 12.1 Å². The molecule has 0 radical (unpaired) electrons. The van der Waals surface area contributed by atoms with E-state index in [4.69, 9.17) is 5.11 Å². The van der Waals surface area contributed by atoms with Gasteiger partial charge in [-0.05, 0) is 23.6 Å². The minimum atomic E-state index is -1.25. The number of carboxylic acids is 1. The topological polar surface area (TPSA) is 42.2 Å². The summed E-state index contributed by atoms with van der Waals surface area (Å²) < 4.78 is 16.0. The maximum atomic E-state index is 14.1. The van der Waals surface area contributed by atoms with Gasteiger partial charge >= 0.3 is 5.97 Å². The molecule has 1 heterocycles. The van der Waals surface area contributed by atoms with E-state index in [1.165, 1.54) is 6.07 Å². The fraction of sp³-hybridized carbons (Fsp3) is 0.0625. The molecule has 0 unspecified atom stereocenters. The van der Waals surface area contributed by atoms with E-state index in [0.29, 0.717) is 12.1 Å². The molecule has 0 fully saturated rings. The van der Waals surface area contributed by atoms with E-state index in [2.05, 4.69) is 0 Å². The molecule has 0 aliphatic carbocycles. The highest BCUT2D eigenvalue weighted by molar-refractivity contribution is 5.88. The Morgan fingerprint density at radius 2 is 1.90 bits per heavy atom. The van der Waals surface area contributed by atoms with E-state index in [-0.39, 0.29) is 5.56 Å². The lowest BCUT2D eigenvalue weighted by Gasteiger charge is -2.08. The Kier molecular flexibility index (Phi) is 2.99. The van der Waals surface area contributed by atoms with Crippen molar-refractivity contribution in [3.63, 3.8) is 0 Å². The number of rotatable bonds is 3. The monoisotopic (exact) mass is 269 g/mol. The number of aromatic carboxylic acids is 1. The number of hydrogen-bond donors (Lipinski definition) is 1. The lowest BCUT2D eigenvalue weighted by molar-refractivity contribution is 0.0691. The summed E-state index contributed by atoms with van der Waals surface area (Å²) >= 11 is 0. The predicted octanol–water partition coefficient (Wildman–Crippen LogP) is 3.53. The highest BCUT2D eigenvalue weighted by atomic mass is 19.1. The lowest BCUT2D eigenvalue weighted by Crippen LogP contribution is -2.06. The SMILES string of the molecule is O=C(O)c1cccc(Cn2ccc3ccccc32)c1F. The molecule has 1 aromatic heterocycles. The van der Waals surface area contributed by atoms with Gasteiger partial charge in [-0.25, -0.2) is 9.18 Å². The molecule has 4 heteroatoms. The van der Waals surface area contributed by atoms with Gasteiger partial charge in [-0.2, -0.15) is 0 Å². The Balaban J connectivity index is 2.03. The van der Waals surface area contributed by atoms with Crippen LogP contribution in [0.5, 0.6) is 0 Å². The van der Waals surface area contributed by atoms with Gasteiger partial charge in [0.25, 0.3) is 0 Å². The second-order valence-electron chi connectivity index (χ2n) is 4.59. The molecular formula is C16H12FNO2. The largest absolute Gasteiger partial charge is 0.478 e. The fourth-order valence-corrected chi connectivity index (χ4v) is 2.33. The van der Waals surface area contributed by atoms with Crippen LogP contribution < -0.4 is 0 Å². The molecule has 0 amide bonds. The van der Waals surface area contributed by atoms with Crippen molar-refractivity contribution < 1.29 is 14.3 Å². The van der Waals surface area contributed by atoms with Crippen LogP contribution in [0, 0.1) is 5.82 Å². The number of fused-ring (bicyclic) bond motifs is 1. The molecule has 0 aliphatic heterocycles. The van der Waals surface area contributed by atoms with Crippen molar-refractivity contribution in [3.8, 4) is 0 Å². The van der Waals surface area contributed by atoms with Crippen molar-refractivity contribution in [2.75, 3.05) is 0 Å². The normalized spacial score (nSPS) is 10.8. The number of para-hydroxylation sites is 1. The average molecular weight is 269 g/mol. The van der Waals surface area contributed by atoms with Gasteiger partial charge in [-0.3, -0.25) is 0 Å². The number of carbonyl (C=O) groups is 1. The average Bonchev–Trinajstić information content (AvgIpc) is 2.84. The van der Waals surface area contributed by atoms with E-state index in [9.17, 15) is 9.18 Å². The van der Waals surface area contributed by atoms with Crippen LogP contribution in [0.2, 0.25) is 0 Å². The molecular weight excluding hydrogens is 257 g/mol. The van der Waals surface area contributed by atoms with Gasteiger partial charge in [0.15, 0.2) is 0 Å². The lowest BCUT2D eigenvalue weighted by atomic mass is 10.1. The molecule has 20 heavy (non-hydrogen) atoms. The molecule has 1 N–H and O–H groups in total. The number of hydrogen-bond acceptors (Lipinski definition) is 1. The van der Waals surface area contributed by atoms with E-state index in [1.807, 2.05) is 41.1 Å². The summed E-state index contributed by atoms with van der Waals surface area (Å²) in [5.74, 6) is -1.92. The van der Waals surface area contributed by atoms with Crippen LogP contribution in [0.4, 0.5) is 4.39 Å². The third-order valence-electron chi connectivity index (χ3n) is 3.33. The first-order chi connectivity index (χ1) is 9.66. The standard InChI is InChI=1S/C16H12FNO2/c17-15-12(5-3-6-13(15)16(19)20)10-18-9-8-11-4-1-2-7-14(11)18/h1-9H,10H2,(H,19,20). The molecule has 3 aromatic rings. The maximum Gasteiger partial charge on any atom is 0.338 e. The Labute approximate surface area is 114 Å². The summed E-state index contributed by atoms with van der Waals surface area (Å²) in [7, 11) is 0. The smallest absolute Gasteiger partial charge is 0.338 e. The number of nitrogens with zero attached hydrogens (tertiary/aromatic N) is 1. The van der Waals surface area contributed by atoms with Crippen molar-refractivity contribution in [1.29, 1.82) is 0 Å². The van der Waals surface area contributed by atoms with E-state index >= 15 is 0 Å². The van der Waals surface area contributed by atoms with Gasteiger partial charge in [0, 0.05) is 17.3 Å². The molecule has 0 saturated heterocycles. The zero-order valence-corrected chi connectivity index (χ0v) is 10.6. The van der Waals surface area contributed by atoms with Crippen molar-refractivity contribution >= 4 is 16.9 Å². The third-order valence-corrected chi connectivity index (χ3v) is 3.33. The summed E-state index contributed by atoms with van der Waals surface area (Å²) in [5.41, 5.74) is 1.07. The molecule has 0 spiro atoms. The van der Waals surface area contributed by atoms with Crippen molar-refractivity contribution in [2.24, 2.45) is 0 Å². The molecule has 0 saturated carbocycles. The number of halogens is 1. The van der Waals surface area contributed by atoms with Crippen molar-refractivity contribution in [1.82, 2.24) is 4.57 Å². The first-order valence-electron chi connectivity index (χ1n) is 6.21. The van der Waals surface area contributed by atoms with Crippen LogP contribution in [0.3, 0.4) is 0 Å². The fourth-order valence-electron chi connectivity index (χ4n) is 2.33. The first-order valence-corrected chi connectivity index (χ1v) is 6.21. The molecule has 0 aliphatic rings. The van der Waals surface area contributed by atoms with E-state index < -0.39 is 11.8 Å². The zero-order valence-electron chi connectivity index (χ0n) is 10.6. The number of benzene rings is 2. The second kappa shape index (κ2) is 4.81. The van der Waals surface area contributed by atoms with Crippen LogP contribution in [0.25, 0.3) is 10.9 Å². The Morgan fingerprint density at radius 1 is 1.10 bits per heavy atom.